The summed E-state index contributed by atoms with van der Waals surface area (Å²) in [5.74, 6) is 0.829. The monoisotopic (exact) mass is 304 g/mol. The molecule has 0 radical (unpaired) electrons. The summed E-state index contributed by atoms with van der Waals surface area (Å²) in [6, 6.07) is 7.53. The van der Waals surface area contributed by atoms with Crippen molar-refractivity contribution in [3.05, 3.63) is 42.0 Å². The molecule has 5 nitrogen and oxygen atoms in total. The topological polar surface area (TPSA) is 50.8 Å². The highest BCUT2D eigenvalue weighted by Crippen LogP contribution is 2.19. The molecule has 1 atom stereocenters. The van der Waals surface area contributed by atoms with Crippen LogP contribution in [0.5, 0.6) is 5.75 Å². The molecular weight excluding hydrogens is 280 g/mol. The van der Waals surface area contributed by atoms with Gasteiger partial charge in [0.05, 0.1) is 19.3 Å². The maximum absolute atomic E-state index is 12.3. The van der Waals surface area contributed by atoms with E-state index < -0.39 is 0 Å². The summed E-state index contributed by atoms with van der Waals surface area (Å²) in [6.45, 7) is 4.44. The van der Waals surface area contributed by atoms with Crippen LogP contribution in [-0.4, -0.2) is 44.3 Å². The predicted octanol–water partition coefficient (Wildman–Crippen LogP) is 2.74. The molecule has 1 N–H and O–H groups in total. The van der Waals surface area contributed by atoms with Crippen LogP contribution in [0.25, 0.3) is 0 Å². The Morgan fingerprint density at radius 2 is 2.09 bits per heavy atom. The first-order valence-electron chi connectivity index (χ1n) is 7.66. The van der Waals surface area contributed by atoms with Crippen molar-refractivity contribution >= 4 is 6.03 Å². The minimum atomic E-state index is -0.168. The van der Waals surface area contributed by atoms with Gasteiger partial charge in [-0.15, -0.1) is 0 Å². The first-order chi connectivity index (χ1) is 10.7. The second-order valence-corrected chi connectivity index (χ2v) is 5.17. The third kappa shape index (κ3) is 4.49. The number of ether oxygens (including phenoxy) is 2. The van der Waals surface area contributed by atoms with Gasteiger partial charge in [0.25, 0.3) is 0 Å². The molecule has 0 aliphatic carbocycles. The molecule has 1 heterocycles. The van der Waals surface area contributed by atoms with Crippen molar-refractivity contribution in [3.63, 3.8) is 0 Å². The number of carbonyl (C=O) groups is 1. The van der Waals surface area contributed by atoms with Gasteiger partial charge in [-0.2, -0.15) is 0 Å². The van der Waals surface area contributed by atoms with Gasteiger partial charge < -0.3 is 19.7 Å². The summed E-state index contributed by atoms with van der Waals surface area (Å²) < 4.78 is 10.7. The average molecular weight is 304 g/mol. The third-order valence-electron chi connectivity index (χ3n) is 3.57. The molecule has 1 aromatic rings. The second-order valence-electron chi connectivity index (χ2n) is 5.17. The van der Waals surface area contributed by atoms with Gasteiger partial charge >= 0.3 is 6.03 Å². The van der Waals surface area contributed by atoms with Crippen molar-refractivity contribution in [3.8, 4) is 5.75 Å². The number of carbonyl (C=O) groups excluding carboxylic acids is 1. The van der Waals surface area contributed by atoms with Crippen LogP contribution >= 0.6 is 0 Å². The number of methoxy groups -OCH3 is 1. The van der Waals surface area contributed by atoms with E-state index in [0.717, 1.165) is 24.3 Å². The van der Waals surface area contributed by atoms with Crippen LogP contribution in [0.4, 0.5) is 4.79 Å². The van der Waals surface area contributed by atoms with E-state index in [-0.39, 0.29) is 12.1 Å². The van der Waals surface area contributed by atoms with Crippen molar-refractivity contribution in [1.82, 2.24) is 10.2 Å². The molecule has 2 amide bonds. The maximum Gasteiger partial charge on any atom is 0.318 e. The lowest BCUT2D eigenvalue weighted by atomic mass is 10.1. The van der Waals surface area contributed by atoms with E-state index in [1.807, 2.05) is 37.3 Å². The Bertz CT molecular complexity index is 499. The van der Waals surface area contributed by atoms with Gasteiger partial charge in [-0.05, 0) is 31.0 Å². The molecule has 0 spiro atoms. The Morgan fingerprint density at radius 3 is 2.68 bits per heavy atom. The van der Waals surface area contributed by atoms with Gasteiger partial charge in [0.15, 0.2) is 0 Å². The second kappa shape index (κ2) is 8.44. The first kappa shape index (κ1) is 16.4. The van der Waals surface area contributed by atoms with Crippen molar-refractivity contribution in [1.29, 1.82) is 0 Å². The third-order valence-corrected chi connectivity index (χ3v) is 3.57. The number of hydrogen-bond donors (Lipinski definition) is 1. The van der Waals surface area contributed by atoms with Gasteiger partial charge in [0.1, 0.15) is 5.75 Å². The lowest BCUT2D eigenvalue weighted by Crippen LogP contribution is -2.44. The van der Waals surface area contributed by atoms with E-state index in [1.54, 1.807) is 12.0 Å². The molecule has 2 rings (SSSR count). The molecule has 22 heavy (non-hydrogen) atoms. The van der Waals surface area contributed by atoms with Crippen molar-refractivity contribution < 1.29 is 14.3 Å². The van der Waals surface area contributed by atoms with Crippen LogP contribution in [0.3, 0.4) is 0 Å². The minimum Gasteiger partial charge on any atom is -0.494 e. The van der Waals surface area contributed by atoms with Gasteiger partial charge in [-0.25, -0.2) is 4.79 Å². The summed E-state index contributed by atoms with van der Waals surface area (Å²) in [5.41, 5.74) is 1.01. The Morgan fingerprint density at radius 1 is 1.32 bits per heavy atom. The molecule has 0 aromatic heterocycles. The largest absolute Gasteiger partial charge is 0.494 e. The predicted molar refractivity (Wildman–Crippen MR) is 86.1 cm³/mol. The number of urea groups is 1. The molecule has 5 heteroatoms. The lowest BCUT2D eigenvalue weighted by molar-refractivity contribution is 0.156. The summed E-state index contributed by atoms with van der Waals surface area (Å²) in [4.78, 5) is 14.1. The molecule has 0 saturated carbocycles. The Balaban J connectivity index is 2.01. The molecule has 1 aliphatic heterocycles. The Labute approximate surface area is 131 Å². The fourth-order valence-corrected chi connectivity index (χ4v) is 2.42. The number of rotatable bonds is 6. The molecular formula is C17H24N2O3. The van der Waals surface area contributed by atoms with E-state index >= 15 is 0 Å². The zero-order valence-electron chi connectivity index (χ0n) is 13.2. The fourth-order valence-electron chi connectivity index (χ4n) is 2.42. The van der Waals surface area contributed by atoms with Crippen molar-refractivity contribution in [2.24, 2.45) is 0 Å². The van der Waals surface area contributed by atoms with Crippen LogP contribution in [0, 0.1) is 0 Å². The molecule has 0 unspecified atom stereocenters. The Kier molecular flexibility index (Phi) is 6.27. The molecule has 120 valence electrons. The van der Waals surface area contributed by atoms with E-state index in [9.17, 15) is 4.79 Å². The van der Waals surface area contributed by atoms with E-state index in [4.69, 9.17) is 9.47 Å². The Hall–Kier alpha value is -2.01. The lowest BCUT2D eigenvalue weighted by Gasteiger charge is -2.27. The standard InChI is InChI=1S/C17H24N2O3/c1-3-22-15-9-7-14(8-10-15)16(13-21-2)18-17(20)19-11-5-4-6-12-19/h4-5,7-10,16H,3,6,11-13H2,1-2H3,(H,18,20)/t16-/m1/s1. The quantitative estimate of drug-likeness (QED) is 0.822. The number of nitrogens with zero attached hydrogens (tertiary/aromatic N) is 1. The molecule has 0 fully saturated rings. The first-order valence-corrected chi connectivity index (χ1v) is 7.66. The normalized spacial score (nSPS) is 15.5. The van der Waals surface area contributed by atoms with Crippen LogP contribution in [-0.2, 0) is 4.74 Å². The highest BCUT2D eigenvalue weighted by atomic mass is 16.5. The molecule has 0 saturated heterocycles. The summed E-state index contributed by atoms with van der Waals surface area (Å²) >= 11 is 0. The number of benzene rings is 1. The van der Waals surface area contributed by atoms with Gasteiger partial charge in [0, 0.05) is 20.2 Å². The maximum atomic E-state index is 12.3. The molecule has 1 aromatic carbocycles. The zero-order valence-corrected chi connectivity index (χ0v) is 13.2. The van der Waals surface area contributed by atoms with Crippen LogP contribution < -0.4 is 10.1 Å². The SMILES string of the molecule is CCOc1ccc([C@@H](COC)NC(=O)N2CC=CCC2)cc1. The zero-order chi connectivity index (χ0) is 15.8. The van der Waals surface area contributed by atoms with E-state index in [0.29, 0.717) is 19.8 Å². The van der Waals surface area contributed by atoms with Crippen LogP contribution in [0.1, 0.15) is 24.9 Å². The number of amides is 2. The molecule has 0 bridgehead atoms. The minimum absolute atomic E-state index is 0.0553. The van der Waals surface area contributed by atoms with Crippen LogP contribution in [0.15, 0.2) is 36.4 Å². The highest BCUT2D eigenvalue weighted by molar-refractivity contribution is 5.75. The summed E-state index contributed by atoms with van der Waals surface area (Å²) in [6.07, 6.45) is 5.03. The number of hydrogen-bond acceptors (Lipinski definition) is 3. The summed E-state index contributed by atoms with van der Waals surface area (Å²) in [7, 11) is 1.64. The fraction of sp³-hybridized carbons (Fsp3) is 0.471. The van der Waals surface area contributed by atoms with Crippen molar-refractivity contribution in [2.75, 3.05) is 33.4 Å². The number of nitrogens with one attached hydrogen (secondary N) is 1. The van der Waals surface area contributed by atoms with Crippen LogP contribution in [0.2, 0.25) is 0 Å². The van der Waals surface area contributed by atoms with Gasteiger partial charge in [-0.1, -0.05) is 24.3 Å². The highest BCUT2D eigenvalue weighted by Gasteiger charge is 2.19. The van der Waals surface area contributed by atoms with Crippen molar-refractivity contribution in [2.45, 2.75) is 19.4 Å². The van der Waals surface area contributed by atoms with E-state index in [1.165, 1.54) is 0 Å². The van der Waals surface area contributed by atoms with E-state index in [2.05, 4.69) is 11.4 Å². The molecule has 1 aliphatic rings. The average Bonchev–Trinajstić information content (AvgIpc) is 2.56. The smallest absolute Gasteiger partial charge is 0.318 e. The summed E-state index contributed by atoms with van der Waals surface area (Å²) in [5, 5.41) is 3.04. The van der Waals surface area contributed by atoms with Gasteiger partial charge in [0.2, 0.25) is 0 Å². The van der Waals surface area contributed by atoms with Gasteiger partial charge in [-0.3, -0.25) is 0 Å².